The Kier molecular flexibility index (Phi) is 5.78. The van der Waals surface area contributed by atoms with Crippen molar-refractivity contribution in [2.75, 3.05) is 39.3 Å². The molecule has 0 bridgehead atoms. The first-order chi connectivity index (χ1) is 12.2. The molecule has 0 radical (unpaired) electrons. The zero-order valence-electron chi connectivity index (χ0n) is 14.6. The Morgan fingerprint density at radius 2 is 1.96 bits per heavy atom. The van der Waals surface area contributed by atoms with Gasteiger partial charge >= 0.3 is 0 Å². The summed E-state index contributed by atoms with van der Waals surface area (Å²) in [5.41, 5.74) is 1.42. The lowest BCUT2D eigenvalue weighted by molar-refractivity contribution is -0.122. The number of rotatable bonds is 6. The lowest BCUT2D eigenvalue weighted by Gasteiger charge is -2.34. The highest BCUT2D eigenvalue weighted by Gasteiger charge is 2.19. The molecule has 1 saturated heterocycles. The first-order valence-corrected chi connectivity index (χ1v) is 8.84. The van der Waals surface area contributed by atoms with Gasteiger partial charge in [-0.3, -0.25) is 23.8 Å². The van der Waals surface area contributed by atoms with Crippen LogP contribution in [0.4, 0.5) is 0 Å². The monoisotopic (exact) mass is 343 g/mol. The summed E-state index contributed by atoms with van der Waals surface area (Å²) in [6.07, 6.45) is 2.69. The Morgan fingerprint density at radius 1 is 1.20 bits per heavy atom. The Bertz CT molecular complexity index is 780. The molecule has 1 N–H and O–H groups in total. The second-order valence-corrected chi connectivity index (χ2v) is 6.42. The van der Waals surface area contributed by atoms with Gasteiger partial charge in [-0.2, -0.15) is 0 Å². The van der Waals surface area contributed by atoms with Gasteiger partial charge in [-0.05, 0) is 18.6 Å². The minimum absolute atomic E-state index is 0.0492. The van der Waals surface area contributed by atoms with Crippen LogP contribution >= 0.6 is 0 Å². The third-order valence-corrected chi connectivity index (χ3v) is 4.41. The van der Waals surface area contributed by atoms with E-state index in [2.05, 4.69) is 20.1 Å². The van der Waals surface area contributed by atoms with Gasteiger partial charge in [0.05, 0.1) is 12.2 Å². The van der Waals surface area contributed by atoms with E-state index >= 15 is 0 Å². The molecule has 7 nitrogen and oxygen atoms in total. The summed E-state index contributed by atoms with van der Waals surface area (Å²) in [5, 5.41) is 2.91. The number of nitrogens with zero attached hydrogens (tertiary/aromatic N) is 4. The summed E-state index contributed by atoms with van der Waals surface area (Å²) in [4.78, 5) is 33.0. The van der Waals surface area contributed by atoms with Crippen LogP contribution in [-0.4, -0.2) is 64.4 Å². The van der Waals surface area contributed by atoms with Crippen molar-refractivity contribution in [3.05, 3.63) is 46.5 Å². The van der Waals surface area contributed by atoms with Crippen LogP contribution in [-0.2, 0) is 11.3 Å². The van der Waals surface area contributed by atoms with Gasteiger partial charge in [0.25, 0.3) is 5.56 Å². The van der Waals surface area contributed by atoms with E-state index < -0.39 is 0 Å². The van der Waals surface area contributed by atoms with Crippen LogP contribution < -0.4 is 10.9 Å². The number of hydrogen-bond acceptors (Lipinski definition) is 5. The molecule has 0 aliphatic carbocycles. The summed E-state index contributed by atoms with van der Waals surface area (Å²) in [7, 11) is 0. The average Bonchev–Trinajstić information content (AvgIpc) is 2.62. The molecular weight excluding hydrogens is 318 g/mol. The summed E-state index contributed by atoms with van der Waals surface area (Å²) >= 11 is 0. The fourth-order valence-corrected chi connectivity index (χ4v) is 3.04. The largest absolute Gasteiger partial charge is 0.355 e. The lowest BCUT2D eigenvalue weighted by atomic mass is 10.2. The van der Waals surface area contributed by atoms with Gasteiger partial charge in [-0.25, -0.2) is 4.98 Å². The average molecular weight is 343 g/mol. The van der Waals surface area contributed by atoms with Crippen LogP contribution in [0.2, 0.25) is 0 Å². The maximum Gasteiger partial charge on any atom is 0.258 e. The van der Waals surface area contributed by atoms with Gasteiger partial charge in [0.15, 0.2) is 0 Å². The number of aromatic nitrogens is 2. The minimum Gasteiger partial charge on any atom is -0.355 e. The number of hydrogen-bond donors (Lipinski definition) is 1. The van der Waals surface area contributed by atoms with Crippen LogP contribution in [0.1, 0.15) is 19.0 Å². The highest BCUT2D eigenvalue weighted by Crippen LogP contribution is 2.07. The summed E-state index contributed by atoms with van der Waals surface area (Å²) in [6, 6.07) is 7.16. The molecule has 2 aromatic rings. The molecule has 3 rings (SSSR count). The first kappa shape index (κ1) is 17.6. The molecule has 0 aromatic carbocycles. The molecule has 7 heteroatoms. The van der Waals surface area contributed by atoms with Crippen molar-refractivity contribution in [3.63, 3.8) is 0 Å². The number of amides is 1. The van der Waals surface area contributed by atoms with Gasteiger partial charge in [-0.1, -0.05) is 13.0 Å². The summed E-state index contributed by atoms with van der Waals surface area (Å²) < 4.78 is 1.55. The molecular formula is C18H25N5O2. The van der Waals surface area contributed by atoms with Crippen LogP contribution in [0.3, 0.4) is 0 Å². The van der Waals surface area contributed by atoms with Crippen LogP contribution in [0.5, 0.6) is 0 Å². The fourth-order valence-electron chi connectivity index (χ4n) is 3.04. The molecule has 0 spiro atoms. The number of nitrogens with one attached hydrogen (secondary N) is 1. The van der Waals surface area contributed by atoms with Gasteiger partial charge in [-0.15, -0.1) is 0 Å². The molecule has 0 saturated carbocycles. The quantitative estimate of drug-likeness (QED) is 0.819. The van der Waals surface area contributed by atoms with Gasteiger partial charge in [0, 0.05) is 51.5 Å². The molecule has 2 aromatic heterocycles. The summed E-state index contributed by atoms with van der Waals surface area (Å²) in [5.74, 6) is 0.0968. The van der Waals surface area contributed by atoms with E-state index in [1.165, 1.54) is 0 Å². The van der Waals surface area contributed by atoms with Crippen molar-refractivity contribution in [1.29, 1.82) is 0 Å². The first-order valence-electron chi connectivity index (χ1n) is 8.84. The third-order valence-electron chi connectivity index (χ3n) is 4.41. The Hall–Kier alpha value is -2.25. The predicted molar refractivity (Wildman–Crippen MR) is 96.5 cm³/mol. The van der Waals surface area contributed by atoms with Crippen molar-refractivity contribution in [2.24, 2.45) is 0 Å². The molecule has 1 aliphatic heterocycles. The standard InChI is InChI=1S/C18H25N5O2/c1-2-6-19-17(24)14-22-10-8-21(9-11-22)13-15-12-18(25)23-7-4-3-5-16(23)20-15/h3-5,7,12H,2,6,8-11,13-14H2,1H3,(H,19,24). The van der Waals surface area contributed by atoms with E-state index in [-0.39, 0.29) is 11.5 Å². The van der Waals surface area contributed by atoms with Gasteiger partial charge in [0.2, 0.25) is 5.91 Å². The van der Waals surface area contributed by atoms with E-state index in [0.717, 1.165) is 44.8 Å². The molecule has 1 amide bonds. The maximum atomic E-state index is 12.2. The van der Waals surface area contributed by atoms with Crippen molar-refractivity contribution in [1.82, 2.24) is 24.5 Å². The zero-order valence-corrected chi connectivity index (χ0v) is 14.6. The van der Waals surface area contributed by atoms with E-state index in [0.29, 0.717) is 18.7 Å². The Morgan fingerprint density at radius 3 is 2.72 bits per heavy atom. The maximum absolute atomic E-state index is 12.2. The number of fused-ring (bicyclic) bond motifs is 1. The van der Waals surface area contributed by atoms with Crippen LogP contribution in [0.25, 0.3) is 5.65 Å². The topological polar surface area (TPSA) is 70.0 Å². The summed E-state index contributed by atoms with van der Waals surface area (Å²) in [6.45, 7) is 7.36. The molecule has 0 atom stereocenters. The fraction of sp³-hybridized carbons (Fsp3) is 0.500. The molecule has 1 fully saturated rings. The highest BCUT2D eigenvalue weighted by atomic mass is 16.2. The SMILES string of the molecule is CCCNC(=O)CN1CCN(Cc2cc(=O)n3ccccc3n2)CC1. The predicted octanol–water partition coefficient (Wildman–Crippen LogP) is 0.338. The van der Waals surface area contributed by atoms with Crippen LogP contribution in [0.15, 0.2) is 35.3 Å². The van der Waals surface area contributed by atoms with Crippen LogP contribution in [0, 0.1) is 0 Å². The van der Waals surface area contributed by atoms with Crippen molar-refractivity contribution in [2.45, 2.75) is 19.9 Å². The lowest BCUT2D eigenvalue weighted by Crippen LogP contribution is -2.49. The third kappa shape index (κ3) is 4.64. The molecule has 3 heterocycles. The normalized spacial score (nSPS) is 16.2. The van der Waals surface area contributed by atoms with E-state index in [1.807, 2.05) is 25.1 Å². The molecule has 0 unspecified atom stereocenters. The molecule has 25 heavy (non-hydrogen) atoms. The van der Waals surface area contributed by atoms with Crippen molar-refractivity contribution in [3.8, 4) is 0 Å². The number of piperazine rings is 1. The number of pyridine rings is 1. The number of carbonyl (C=O) groups excluding carboxylic acids is 1. The highest BCUT2D eigenvalue weighted by molar-refractivity contribution is 5.77. The molecule has 1 aliphatic rings. The smallest absolute Gasteiger partial charge is 0.258 e. The van der Waals surface area contributed by atoms with Gasteiger partial charge < -0.3 is 5.32 Å². The Balaban J connectivity index is 1.54. The van der Waals surface area contributed by atoms with E-state index in [9.17, 15) is 9.59 Å². The van der Waals surface area contributed by atoms with E-state index in [1.54, 1.807) is 16.7 Å². The van der Waals surface area contributed by atoms with Gasteiger partial charge in [0.1, 0.15) is 5.65 Å². The number of carbonyl (C=O) groups is 1. The van der Waals surface area contributed by atoms with E-state index in [4.69, 9.17) is 0 Å². The minimum atomic E-state index is -0.0492. The second-order valence-electron chi connectivity index (χ2n) is 6.42. The Labute approximate surface area is 147 Å². The van der Waals surface area contributed by atoms with Crippen molar-refractivity contribution >= 4 is 11.6 Å². The van der Waals surface area contributed by atoms with Crippen molar-refractivity contribution < 1.29 is 4.79 Å². The molecule has 134 valence electrons. The second kappa shape index (κ2) is 8.22. The zero-order chi connectivity index (χ0) is 17.6.